The number of thiophene rings is 1. The van der Waals surface area contributed by atoms with Crippen molar-refractivity contribution in [1.82, 2.24) is 10.0 Å². The molecule has 18 heavy (non-hydrogen) atoms. The molecule has 0 saturated carbocycles. The quantitative estimate of drug-likeness (QED) is 0.719. The maximum Gasteiger partial charge on any atom is 0.241 e. The van der Waals surface area contributed by atoms with E-state index < -0.39 is 10.0 Å². The molecule has 0 aliphatic rings. The van der Waals surface area contributed by atoms with Crippen LogP contribution in [0.5, 0.6) is 0 Å². The van der Waals surface area contributed by atoms with Crippen molar-refractivity contribution >= 4 is 33.1 Å². The highest BCUT2D eigenvalue weighted by molar-refractivity contribution is 7.98. The largest absolute Gasteiger partial charge is 0.315 e. The maximum absolute atomic E-state index is 12.1. The van der Waals surface area contributed by atoms with Crippen molar-refractivity contribution in [3.63, 3.8) is 0 Å². The summed E-state index contributed by atoms with van der Waals surface area (Å²) < 4.78 is 26.9. The van der Waals surface area contributed by atoms with Crippen molar-refractivity contribution in [2.24, 2.45) is 0 Å². The minimum absolute atomic E-state index is 0.418. The summed E-state index contributed by atoms with van der Waals surface area (Å²) >= 11 is 3.24. The first-order valence-corrected chi connectivity index (χ1v) is 9.43. The summed E-state index contributed by atoms with van der Waals surface area (Å²) in [5.74, 6) is 0.968. The first-order chi connectivity index (χ1) is 8.51. The molecular formula is C11H20N2O2S3. The molecule has 0 aromatic carbocycles. The first-order valence-electron chi connectivity index (χ1n) is 5.73. The van der Waals surface area contributed by atoms with E-state index in [1.807, 2.05) is 20.2 Å². The van der Waals surface area contributed by atoms with Crippen molar-refractivity contribution in [2.45, 2.75) is 24.8 Å². The van der Waals surface area contributed by atoms with Gasteiger partial charge in [0.15, 0.2) is 0 Å². The molecule has 0 atom stereocenters. The number of hydrogen-bond acceptors (Lipinski definition) is 5. The van der Waals surface area contributed by atoms with Crippen LogP contribution in [0.25, 0.3) is 0 Å². The fraction of sp³-hybridized carbons (Fsp3) is 0.636. The van der Waals surface area contributed by atoms with Gasteiger partial charge < -0.3 is 5.32 Å². The van der Waals surface area contributed by atoms with Crippen LogP contribution in [0.2, 0.25) is 0 Å². The number of thioether (sulfide) groups is 1. The Labute approximate surface area is 118 Å². The van der Waals surface area contributed by atoms with E-state index in [4.69, 9.17) is 0 Å². The Morgan fingerprint density at radius 1 is 1.44 bits per heavy atom. The zero-order valence-corrected chi connectivity index (χ0v) is 13.4. The lowest BCUT2D eigenvalue weighted by Gasteiger charge is -2.05. The van der Waals surface area contributed by atoms with Crippen molar-refractivity contribution < 1.29 is 8.42 Å². The lowest BCUT2D eigenvalue weighted by molar-refractivity contribution is 0.581. The van der Waals surface area contributed by atoms with Crippen LogP contribution in [0.3, 0.4) is 0 Å². The molecule has 0 amide bonds. The van der Waals surface area contributed by atoms with Crippen LogP contribution >= 0.6 is 23.1 Å². The van der Waals surface area contributed by atoms with Gasteiger partial charge in [0, 0.05) is 22.8 Å². The van der Waals surface area contributed by atoms with E-state index in [-0.39, 0.29) is 0 Å². The van der Waals surface area contributed by atoms with Crippen LogP contribution in [0.4, 0.5) is 0 Å². The molecule has 0 saturated heterocycles. The van der Waals surface area contributed by atoms with E-state index in [0.29, 0.717) is 18.0 Å². The highest BCUT2D eigenvalue weighted by Crippen LogP contribution is 2.25. The molecule has 0 aliphatic carbocycles. The average molecular weight is 308 g/mol. The Balaban J connectivity index is 2.72. The second-order valence-electron chi connectivity index (χ2n) is 3.91. The van der Waals surface area contributed by atoms with E-state index in [9.17, 15) is 8.42 Å². The van der Waals surface area contributed by atoms with Crippen LogP contribution < -0.4 is 10.0 Å². The Morgan fingerprint density at radius 2 is 2.17 bits per heavy atom. The maximum atomic E-state index is 12.1. The van der Waals surface area contributed by atoms with Gasteiger partial charge in [-0.3, -0.25) is 0 Å². The minimum Gasteiger partial charge on any atom is -0.315 e. The molecule has 1 aromatic rings. The topological polar surface area (TPSA) is 58.2 Å². The van der Waals surface area contributed by atoms with Crippen molar-refractivity contribution in [2.75, 3.05) is 25.6 Å². The molecular weight excluding hydrogens is 288 g/mol. The van der Waals surface area contributed by atoms with Gasteiger partial charge >= 0.3 is 0 Å². The molecule has 0 fully saturated rings. The third-order valence-electron chi connectivity index (χ3n) is 2.38. The molecule has 0 bridgehead atoms. The van der Waals surface area contributed by atoms with Gasteiger partial charge in [0.1, 0.15) is 0 Å². The predicted octanol–water partition coefficient (Wildman–Crippen LogP) is 1.81. The fourth-order valence-corrected chi connectivity index (χ4v) is 4.71. The molecule has 1 heterocycles. The average Bonchev–Trinajstić information content (AvgIpc) is 2.67. The highest BCUT2D eigenvalue weighted by atomic mass is 32.2. The van der Waals surface area contributed by atoms with E-state index in [1.54, 1.807) is 17.8 Å². The molecule has 1 rings (SSSR count). The molecule has 0 spiro atoms. The zero-order chi connectivity index (χ0) is 13.6. The summed E-state index contributed by atoms with van der Waals surface area (Å²) in [6.07, 6.45) is 2.87. The van der Waals surface area contributed by atoms with Crippen molar-refractivity contribution in [1.29, 1.82) is 0 Å². The zero-order valence-electron chi connectivity index (χ0n) is 10.9. The second-order valence-corrected chi connectivity index (χ2v) is 7.97. The molecule has 0 radical (unpaired) electrons. The standard InChI is InChI=1S/C11H20N2O2S3/c1-9-11(7-10(17-9)8-12-2)18(14,15)13-5-4-6-16-3/h7,12-13H,4-6,8H2,1-3H3. The Hall–Kier alpha value is -0.0800. The normalized spacial score (nSPS) is 11.9. The van der Waals surface area contributed by atoms with Gasteiger partial charge in [-0.25, -0.2) is 13.1 Å². The van der Waals surface area contributed by atoms with Crippen LogP contribution in [0, 0.1) is 6.92 Å². The summed E-state index contributed by atoms with van der Waals surface area (Å²) in [5.41, 5.74) is 0. The van der Waals surface area contributed by atoms with Crippen LogP contribution in [-0.4, -0.2) is 34.0 Å². The number of sulfonamides is 1. The molecule has 2 N–H and O–H groups in total. The Morgan fingerprint density at radius 3 is 2.78 bits per heavy atom. The minimum atomic E-state index is -3.35. The summed E-state index contributed by atoms with van der Waals surface area (Å²) in [7, 11) is -1.49. The summed E-state index contributed by atoms with van der Waals surface area (Å²) in [6.45, 7) is 3.05. The first kappa shape index (κ1) is 16.0. The summed E-state index contributed by atoms with van der Waals surface area (Å²) in [6, 6.07) is 1.76. The molecule has 7 heteroatoms. The third kappa shape index (κ3) is 4.55. The van der Waals surface area contributed by atoms with Crippen molar-refractivity contribution in [3.05, 3.63) is 15.8 Å². The number of aryl methyl sites for hydroxylation is 1. The van der Waals surface area contributed by atoms with E-state index in [1.165, 1.54) is 11.3 Å². The fourth-order valence-electron chi connectivity index (χ4n) is 1.55. The van der Waals surface area contributed by atoms with Crippen LogP contribution in [0.1, 0.15) is 16.2 Å². The van der Waals surface area contributed by atoms with Crippen LogP contribution in [0.15, 0.2) is 11.0 Å². The van der Waals surface area contributed by atoms with E-state index >= 15 is 0 Å². The monoisotopic (exact) mass is 308 g/mol. The molecule has 1 aromatic heterocycles. The molecule has 0 aliphatic heterocycles. The summed E-state index contributed by atoms with van der Waals surface area (Å²) in [4.78, 5) is 2.30. The van der Waals surface area contributed by atoms with E-state index in [0.717, 1.165) is 21.9 Å². The second kappa shape index (κ2) is 7.49. The van der Waals surface area contributed by atoms with Gasteiger partial charge in [0.25, 0.3) is 0 Å². The molecule has 104 valence electrons. The van der Waals surface area contributed by atoms with E-state index in [2.05, 4.69) is 10.0 Å². The smallest absolute Gasteiger partial charge is 0.241 e. The molecule has 0 unspecified atom stereocenters. The lowest BCUT2D eigenvalue weighted by Crippen LogP contribution is -2.25. The van der Waals surface area contributed by atoms with Crippen LogP contribution in [-0.2, 0) is 16.6 Å². The highest BCUT2D eigenvalue weighted by Gasteiger charge is 2.19. The Bertz CT molecular complexity index is 469. The summed E-state index contributed by atoms with van der Waals surface area (Å²) in [5, 5.41) is 3.03. The van der Waals surface area contributed by atoms with Gasteiger partial charge in [-0.2, -0.15) is 11.8 Å². The van der Waals surface area contributed by atoms with Gasteiger partial charge in [0.05, 0.1) is 4.90 Å². The van der Waals surface area contributed by atoms with Crippen molar-refractivity contribution in [3.8, 4) is 0 Å². The number of nitrogens with one attached hydrogen (secondary N) is 2. The SMILES string of the molecule is CNCc1cc(S(=O)(=O)NCCCSC)c(C)s1. The van der Waals surface area contributed by atoms with Gasteiger partial charge in [-0.1, -0.05) is 0 Å². The van der Waals surface area contributed by atoms with Gasteiger partial charge in [-0.15, -0.1) is 11.3 Å². The Kier molecular flexibility index (Phi) is 6.65. The lowest BCUT2D eigenvalue weighted by atomic mass is 10.4. The predicted molar refractivity (Wildman–Crippen MR) is 80.0 cm³/mol. The van der Waals surface area contributed by atoms with Gasteiger partial charge in [-0.05, 0) is 38.5 Å². The third-order valence-corrected chi connectivity index (χ3v) is 5.84. The number of hydrogen-bond donors (Lipinski definition) is 2. The molecule has 4 nitrogen and oxygen atoms in total. The van der Waals surface area contributed by atoms with Gasteiger partial charge in [0.2, 0.25) is 10.0 Å². The number of rotatable bonds is 8.